The molecule has 6 heteroatoms. The highest BCUT2D eigenvalue weighted by molar-refractivity contribution is 6.45. The van der Waals surface area contributed by atoms with Gasteiger partial charge in [-0.2, -0.15) is 0 Å². The second-order valence-corrected chi connectivity index (χ2v) is 8.97. The van der Waals surface area contributed by atoms with Crippen molar-refractivity contribution in [1.29, 1.82) is 0 Å². The minimum atomic E-state index is -0.335. The normalized spacial score (nSPS) is 19.6. The predicted molar refractivity (Wildman–Crippen MR) is 123 cm³/mol. The molecule has 0 radical (unpaired) electrons. The van der Waals surface area contributed by atoms with Gasteiger partial charge in [-0.3, -0.25) is 9.59 Å². The number of likely N-dealkylation sites (tertiary alicyclic amines) is 1. The van der Waals surface area contributed by atoms with Crippen LogP contribution in [0.25, 0.3) is 5.57 Å². The maximum atomic E-state index is 13.7. The Kier molecular flexibility index (Phi) is 5.91. The van der Waals surface area contributed by atoms with Crippen LogP contribution in [-0.4, -0.2) is 41.5 Å². The van der Waals surface area contributed by atoms with Gasteiger partial charge in [0.25, 0.3) is 11.8 Å². The molecule has 1 fully saturated rings. The number of amides is 2. The van der Waals surface area contributed by atoms with Crippen molar-refractivity contribution in [1.82, 2.24) is 4.90 Å². The number of imide groups is 1. The van der Waals surface area contributed by atoms with Crippen molar-refractivity contribution in [3.8, 4) is 0 Å². The lowest BCUT2D eigenvalue weighted by Crippen LogP contribution is -2.40. The fourth-order valence-electron chi connectivity index (χ4n) is 4.52. The molecular formula is C25H27ClN2O3. The van der Waals surface area contributed by atoms with Crippen LogP contribution in [0.4, 0.5) is 5.69 Å². The Morgan fingerprint density at radius 1 is 1.03 bits per heavy atom. The van der Waals surface area contributed by atoms with E-state index in [9.17, 15) is 14.7 Å². The van der Waals surface area contributed by atoms with E-state index < -0.39 is 0 Å². The van der Waals surface area contributed by atoms with Crippen LogP contribution >= 0.6 is 11.6 Å². The minimum absolute atomic E-state index is 0.0715. The summed E-state index contributed by atoms with van der Waals surface area (Å²) in [6, 6.07) is 11.1. The SMILES string of the molecule is Cc1ccc(C2=C(N3CCCC(CO)C3)C(=O)N(c3ccc(C)c(Cl)c3)C2=O)c(C)c1. The van der Waals surface area contributed by atoms with Crippen molar-refractivity contribution in [2.75, 3.05) is 24.6 Å². The number of halogens is 1. The lowest BCUT2D eigenvalue weighted by molar-refractivity contribution is -0.120. The molecule has 0 saturated carbocycles. The van der Waals surface area contributed by atoms with E-state index in [1.165, 1.54) is 4.90 Å². The Hall–Kier alpha value is -2.63. The molecule has 2 aliphatic rings. The molecule has 0 aromatic heterocycles. The minimum Gasteiger partial charge on any atom is -0.396 e. The second-order valence-electron chi connectivity index (χ2n) is 8.56. The lowest BCUT2D eigenvalue weighted by atomic mass is 9.95. The summed E-state index contributed by atoms with van der Waals surface area (Å²) in [6.07, 6.45) is 1.78. The number of aliphatic hydroxyl groups is 1. The largest absolute Gasteiger partial charge is 0.396 e. The predicted octanol–water partition coefficient (Wildman–Crippen LogP) is 4.25. The van der Waals surface area contributed by atoms with Crippen molar-refractivity contribution in [3.05, 3.63) is 69.4 Å². The van der Waals surface area contributed by atoms with Crippen LogP contribution in [0.2, 0.25) is 5.02 Å². The molecule has 2 aromatic carbocycles. The van der Waals surface area contributed by atoms with E-state index in [0.29, 0.717) is 35.1 Å². The van der Waals surface area contributed by atoms with Crippen LogP contribution in [0.3, 0.4) is 0 Å². The summed E-state index contributed by atoms with van der Waals surface area (Å²) in [4.78, 5) is 30.6. The number of benzene rings is 2. The van der Waals surface area contributed by atoms with Crippen molar-refractivity contribution < 1.29 is 14.7 Å². The standard InChI is InChI=1S/C25H27ClN2O3/c1-15-6-9-20(17(3)11-15)22-23(27-10-4-5-18(13-27)14-29)25(31)28(24(22)30)19-8-7-16(2)21(26)12-19/h6-9,11-12,18,29H,4-5,10,13-14H2,1-3H3. The first-order valence-corrected chi connectivity index (χ1v) is 11.0. The molecular weight excluding hydrogens is 412 g/mol. The molecule has 1 N–H and O–H groups in total. The Morgan fingerprint density at radius 2 is 1.81 bits per heavy atom. The number of anilines is 1. The first kappa shape index (κ1) is 21.6. The highest BCUT2D eigenvalue weighted by Gasteiger charge is 2.43. The Bertz CT molecular complexity index is 1090. The van der Waals surface area contributed by atoms with Crippen molar-refractivity contribution in [2.24, 2.45) is 5.92 Å². The van der Waals surface area contributed by atoms with Gasteiger partial charge in [-0.1, -0.05) is 41.4 Å². The van der Waals surface area contributed by atoms with E-state index in [1.807, 2.05) is 49.9 Å². The van der Waals surface area contributed by atoms with Crippen LogP contribution in [0.15, 0.2) is 42.1 Å². The van der Waals surface area contributed by atoms with E-state index in [0.717, 1.165) is 35.1 Å². The molecule has 1 atom stereocenters. The van der Waals surface area contributed by atoms with Gasteiger partial charge >= 0.3 is 0 Å². The number of rotatable bonds is 4. The smallest absolute Gasteiger partial charge is 0.282 e. The highest BCUT2D eigenvalue weighted by Crippen LogP contribution is 2.38. The maximum absolute atomic E-state index is 13.7. The van der Waals surface area contributed by atoms with Gasteiger partial charge in [0.2, 0.25) is 0 Å². The van der Waals surface area contributed by atoms with Gasteiger partial charge in [0.05, 0.1) is 11.3 Å². The summed E-state index contributed by atoms with van der Waals surface area (Å²) in [5, 5.41) is 10.2. The summed E-state index contributed by atoms with van der Waals surface area (Å²) in [5.41, 5.74) is 5.02. The number of hydrogen-bond acceptors (Lipinski definition) is 4. The van der Waals surface area contributed by atoms with Gasteiger partial charge < -0.3 is 10.0 Å². The molecule has 31 heavy (non-hydrogen) atoms. The summed E-state index contributed by atoms with van der Waals surface area (Å²) in [6.45, 7) is 7.16. The molecule has 0 spiro atoms. The fourth-order valence-corrected chi connectivity index (χ4v) is 4.70. The Labute approximate surface area is 187 Å². The number of carbonyl (C=O) groups is 2. The van der Waals surface area contributed by atoms with Crippen molar-refractivity contribution in [3.63, 3.8) is 0 Å². The third-order valence-corrected chi connectivity index (χ3v) is 6.62. The molecule has 5 nitrogen and oxygen atoms in total. The Morgan fingerprint density at radius 3 is 2.48 bits per heavy atom. The van der Waals surface area contributed by atoms with Gasteiger partial charge in [0.1, 0.15) is 5.70 Å². The molecule has 1 saturated heterocycles. The third-order valence-electron chi connectivity index (χ3n) is 6.22. The van der Waals surface area contributed by atoms with Gasteiger partial charge in [0.15, 0.2) is 0 Å². The topological polar surface area (TPSA) is 60.9 Å². The Balaban J connectivity index is 1.85. The van der Waals surface area contributed by atoms with Crippen LogP contribution in [-0.2, 0) is 9.59 Å². The number of piperidine rings is 1. The average molecular weight is 439 g/mol. The van der Waals surface area contributed by atoms with Gasteiger partial charge in [-0.15, -0.1) is 0 Å². The summed E-state index contributed by atoms with van der Waals surface area (Å²) in [7, 11) is 0. The molecule has 2 aliphatic heterocycles. The molecule has 0 bridgehead atoms. The van der Waals surface area contributed by atoms with E-state index in [4.69, 9.17) is 11.6 Å². The molecule has 2 amide bonds. The number of nitrogens with zero attached hydrogens (tertiary/aromatic N) is 2. The molecule has 162 valence electrons. The number of aryl methyl sites for hydroxylation is 3. The fraction of sp³-hybridized carbons (Fsp3) is 0.360. The number of hydrogen-bond donors (Lipinski definition) is 1. The van der Waals surface area contributed by atoms with E-state index in [1.54, 1.807) is 12.1 Å². The maximum Gasteiger partial charge on any atom is 0.282 e. The molecule has 2 aromatic rings. The summed E-state index contributed by atoms with van der Waals surface area (Å²) in [5.74, 6) is -0.580. The molecule has 0 aliphatic carbocycles. The zero-order valence-corrected chi connectivity index (χ0v) is 18.9. The van der Waals surface area contributed by atoms with Crippen molar-refractivity contribution >= 4 is 34.7 Å². The van der Waals surface area contributed by atoms with Crippen LogP contribution in [0.5, 0.6) is 0 Å². The van der Waals surface area contributed by atoms with Crippen molar-refractivity contribution in [2.45, 2.75) is 33.6 Å². The van der Waals surface area contributed by atoms with E-state index >= 15 is 0 Å². The quantitative estimate of drug-likeness (QED) is 0.725. The first-order chi connectivity index (χ1) is 14.8. The van der Waals surface area contributed by atoms with Gasteiger partial charge in [-0.05, 0) is 68.4 Å². The van der Waals surface area contributed by atoms with E-state index in [-0.39, 0.29) is 24.3 Å². The monoisotopic (exact) mass is 438 g/mol. The molecule has 1 unspecified atom stereocenters. The number of aliphatic hydroxyl groups excluding tert-OH is 1. The molecule has 2 heterocycles. The zero-order valence-electron chi connectivity index (χ0n) is 18.1. The lowest BCUT2D eigenvalue weighted by Gasteiger charge is -2.34. The second kappa shape index (κ2) is 8.48. The summed E-state index contributed by atoms with van der Waals surface area (Å²) < 4.78 is 0. The van der Waals surface area contributed by atoms with Crippen LogP contribution in [0.1, 0.15) is 35.1 Å². The zero-order chi connectivity index (χ0) is 22.3. The third kappa shape index (κ3) is 3.88. The van der Waals surface area contributed by atoms with Crippen LogP contribution in [0, 0.1) is 26.7 Å². The van der Waals surface area contributed by atoms with Crippen LogP contribution < -0.4 is 4.90 Å². The molecule has 4 rings (SSSR count). The first-order valence-electron chi connectivity index (χ1n) is 10.6. The van der Waals surface area contributed by atoms with Gasteiger partial charge in [-0.25, -0.2) is 4.90 Å². The summed E-state index contributed by atoms with van der Waals surface area (Å²) >= 11 is 6.31. The highest BCUT2D eigenvalue weighted by atomic mass is 35.5. The average Bonchev–Trinajstić information content (AvgIpc) is 3.00. The van der Waals surface area contributed by atoms with Gasteiger partial charge in [0, 0.05) is 24.7 Å². The van der Waals surface area contributed by atoms with E-state index in [2.05, 4.69) is 0 Å². The number of carbonyl (C=O) groups excluding carboxylic acids is 2.